The van der Waals surface area contributed by atoms with Crippen LogP contribution in [0.1, 0.15) is 26.7 Å². The number of amides is 2. The lowest BCUT2D eigenvalue weighted by Gasteiger charge is -2.25. The molecule has 1 unspecified atom stereocenters. The van der Waals surface area contributed by atoms with Gasteiger partial charge in [-0.15, -0.1) is 0 Å². The number of fused-ring (bicyclic) bond motifs is 1. The summed E-state index contributed by atoms with van der Waals surface area (Å²) in [6.45, 7) is 3.98. The topological polar surface area (TPSA) is 76.7 Å². The van der Waals surface area contributed by atoms with Crippen LogP contribution in [0.25, 0.3) is 0 Å². The fourth-order valence-corrected chi connectivity index (χ4v) is 2.11. The van der Waals surface area contributed by atoms with Gasteiger partial charge in [0.1, 0.15) is 6.61 Å². The molecular weight excluding hydrogens is 272 g/mol. The van der Waals surface area contributed by atoms with Crippen molar-refractivity contribution in [3.63, 3.8) is 0 Å². The fraction of sp³-hybridized carbons (Fsp3) is 0.467. The van der Waals surface area contributed by atoms with Gasteiger partial charge in [0.05, 0.1) is 0 Å². The van der Waals surface area contributed by atoms with E-state index in [0.29, 0.717) is 11.5 Å². The van der Waals surface area contributed by atoms with Gasteiger partial charge in [0.15, 0.2) is 11.5 Å². The molecule has 0 bridgehead atoms. The summed E-state index contributed by atoms with van der Waals surface area (Å²) in [5.74, 6) is 0.418. The highest BCUT2D eigenvalue weighted by molar-refractivity contribution is 5.86. The summed E-state index contributed by atoms with van der Waals surface area (Å²) in [7, 11) is 0. The molecule has 1 heterocycles. The molecule has 0 fully saturated rings. The second kappa shape index (κ2) is 6.97. The molecule has 0 aromatic heterocycles. The molecule has 2 N–H and O–H groups in total. The molecule has 0 saturated carbocycles. The first-order valence-corrected chi connectivity index (χ1v) is 7.13. The van der Waals surface area contributed by atoms with Crippen molar-refractivity contribution in [3.05, 3.63) is 24.3 Å². The van der Waals surface area contributed by atoms with E-state index in [0.717, 1.165) is 12.8 Å². The summed E-state index contributed by atoms with van der Waals surface area (Å²) >= 11 is 0. The van der Waals surface area contributed by atoms with Gasteiger partial charge < -0.3 is 9.47 Å². The van der Waals surface area contributed by atoms with Crippen molar-refractivity contribution >= 4 is 11.8 Å². The number of benzene rings is 1. The van der Waals surface area contributed by atoms with Gasteiger partial charge in [-0.1, -0.05) is 26.0 Å². The second-order valence-corrected chi connectivity index (χ2v) is 4.86. The number of hydrogen-bond acceptors (Lipinski definition) is 4. The van der Waals surface area contributed by atoms with Crippen LogP contribution in [0.4, 0.5) is 0 Å². The van der Waals surface area contributed by atoms with E-state index < -0.39 is 12.0 Å². The van der Waals surface area contributed by atoms with Gasteiger partial charge in [-0.3, -0.25) is 20.4 Å². The Morgan fingerprint density at radius 2 is 1.86 bits per heavy atom. The number of nitrogens with one attached hydrogen (secondary N) is 2. The summed E-state index contributed by atoms with van der Waals surface area (Å²) in [6.07, 6.45) is 0.686. The maximum absolute atomic E-state index is 12.0. The van der Waals surface area contributed by atoms with Crippen LogP contribution in [0.5, 0.6) is 11.5 Å². The van der Waals surface area contributed by atoms with E-state index >= 15 is 0 Å². The summed E-state index contributed by atoms with van der Waals surface area (Å²) in [5, 5.41) is 0. The van der Waals surface area contributed by atoms with Crippen molar-refractivity contribution in [2.45, 2.75) is 32.8 Å². The van der Waals surface area contributed by atoms with Crippen molar-refractivity contribution in [2.24, 2.45) is 5.92 Å². The number of ether oxygens (including phenoxy) is 2. The van der Waals surface area contributed by atoms with Crippen molar-refractivity contribution in [1.82, 2.24) is 10.9 Å². The van der Waals surface area contributed by atoms with Gasteiger partial charge >= 0.3 is 0 Å². The Morgan fingerprint density at radius 3 is 2.52 bits per heavy atom. The molecule has 2 rings (SSSR count). The molecule has 6 nitrogen and oxygen atoms in total. The molecule has 1 aromatic rings. The van der Waals surface area contributed by atoms with Crippen LogP contribution < -0.4 is 20.3 Å². The van der Waals surface area contributed by atoms with Gasteiger partial charge in [-0.2, -0.15) is 0 Å². The second-order valence-electron chi connectivity index (χ2n) is 4.86. The fourth-order valence-electron chi connectivity index (χ4n) is 2.11. The minimum absolute atomic E-state index is 0.102. The Labute approximate surface area is 123 Å². The molecule has 1 atom stereocenters. The zero-order chi connectivity index (χ0) is 15.2. The molecule has 2 amide bonds. The van der Waals surface area contributed by atoms with Crippen LogP contribution in [0.15, 0.2) is 24.3 Å². The third kappa shape index (κ3) is 3.65. The van der Waals surface area contributed by atoms with Crippen molar-refractivity contribution in [2.75, 3.05) is 6.61 Å². The standard InChI is InChI=1S/C15H20N2O4/c1-3-10(4-2)14(18)16-17-15(19)13-9-20-11-7-5-6-8-12(11)21-13/h5-8,10,13H,3-4,9H2,1-2H3,(H,16,18)(H,17,19). The third-order valence-corrected chi connectivity index (χ3v) is 3.47. The van der Waals surface area contributed by atoms with Crippen molar-refractivity contribution < 1.29 is 19.1 Å². The first-order chi connectivity index (χ1) is 10.2. The largest absolute Gasteiger partial charge is 0.485 e. The molecule has 1 aromatic carbocycles. The Balaban J connectivity index is 1.86. The number of hydrazine groups is 1. The van der Waals surface area contributed by atoms with E-state index in [1.54, 1.807) is 18.2 Å². The molecular formula is C15H20N2O4. The molecule has 114 valence electrons. The van der Waals surface area contributed by atoms with E-state index in [2.05, 4.69) is 10.9 Å². The predicted octanol–water partition coefficient (Wildman–Crippen LogP) is 1.41. The zero-order valence-electron chi connectivity index (χ0n) is 12.2. The Kier molecular flexibility index (Phi) is 5.03. The van der Waals surface area contributed by atoms with Crippen LogP contribution in [-0.2, 0) is 9.59 Å². The normalized spacial score (nSPS) is 16.4. The van der Waals surface area contributed by atoms with Gasteiger partial charge in [0, 0.05) is 5.92 Å². The number of hydrogen-bond donors (Lipinski definition) is 2. The molecule has 0 radical (unpaired) electrons. The minimum atomic E-state index is -0.776. The number of carbonyl (C=O) groups is 2. The van der Waals surface area contributed by atoms with Gasteiger partial charge in [-0.25, -0.2) is 0 Å². The summed E-state index contributed by atoms with van der Waals surface area (Å²) in [6, 6.07) is 7.14. The number of rotatable bonds is 4. The molecule has 21 heavy (non-hydrogen) atoms. The predicted molar refractivity (Wildman–Crippen MR) is 76.7 cm³/mol. The van der Waals surface area contributed by atoms with Crippen molar-refractivity contribution in [1.29, 1.82) is 0 Å². The summed E-state index contributed by atoms with van der Waals surface area (Å²) in [4.78, 5) is 23.8. The van der Waals surface area contributed by atoms with Crippen LogP contribution >= 0.6 is 0 Å². The lowest BCUT2D eigenvalue weighted by atomic mass is 10.0. The third-order valence-electron chi connectivity index (χ3n) is 3.47. The summed E-state index contributed by atoms with van der Waals surface area (Å²) in [5.41, 5.74) is 4.82. The molecule has 0 saturated heterocycles. The molecule has 0 spiro atoms. The first kappa shape index (κ1) is 15.2. The van der Waals surface area contributed by atoms with Gasteiger partial charge in [0.2, 0.25) is 12.0 Å². The van der Waals surface area contributed by atoms with E-state index in [1.165, 1.54) is 0 Å². The molecule has 0 aliphatic carbocycles. The van der Waals surface area contributed by atoms with Gasteiger partial charge in [-0.05, 0) is 25.0 Å². The number of carbonyl (C=O) groups excluding carboxylic acids is 2. The quantitative estimate of drug-likeness (QED) is 0.823. The molecule has 1 aliphatic heterocycles. The average Bonchev–Trinajstić information content (AvgIpc) is 2.53. The monoisotopic (exact) mass is 292 g/mol. The minimum Gasteiger partial charge on any atom is -0.485 e. The van der Waals surface area contributed by atoms with Crippen LogP contribution in [0.3, 0.4) is 0 Å². The smallest absolute Gasteiger partial charge is 0.283 e. The average molecular weight is 292 g/mol. The Morgan fingerprint density at radius 1 is 1.19 bits per heavy atom. The Hall–Kier alpha value is -2.24. The van der Waals surface area contributed by atoms with Crippen molar-refractivity contribution in [3.8, 4) is 11.5 Å². The summed E-state index contributed by atoms with van der Waals surface area (Å²) < 4.78 is 11.0. The number of para-hydroxylation sites is 2. The van der Waals surface area contributed by atoms with Crippen LogP contribution in [0, 0.1) is 5.92 Å². The van der Waals surface area contributed by atoms with Crippen LogP contribution in [-0.4, -0.2) is 24.5 Å². The Bertz CT molecular complexity index is 514. The lowest BCUT2D eigenvalue weighted by molar-refractivity contribution is -0.136. The zero-order valence-corrected chi connectivity index (χ0v) is 12.2. The van der Waals surface area contributed by atoms with Gasteiger partial charge in [0.25, 0.3) is 5.91 Å². The van der Waals surface area contributed by atoms with E-state index in [9.17, 15) is 9.59 Å². The SMILES string of the molecule is CCC(CC)C(=O)NNC(=O)C1COc2ccccc2O1. The maximum atomic E-state index is 12.0. The van der Waals surface area contributed by atoms with Crippen LogP contribution in [0.2, 0.25) is 0 Å². The molecule has 1 aliphatic rings. The highest BCUT2D eigenvalue weighted by Gasteiger charge is 2.27. The highest BCUT2D eigenvalue weighted by Crippen LogP contribution is 2.30. The maximum Gasteiger partial charge on any atom is 0.283 e. The van der Waals surface area contributed by atoms with E-state index in [1.807, 2.05) is 19.9 Å². The highest BCUT2D eigenvalue weighted by atomic mass is 16.6. The van der Waals surface area contributed by atoms with E-state index in [-0.39, 0.29) is 18.4 Å². The van der Waals surface area contributed by atoms with E-state index in [4.69, 9.17) is 9.47 Å². The lowest BCUT2D eigenvalue weighted by Crippen LogP contribution is -2.52. The molecule has 6 heteroatoms. The first-order valence-electron chi connectivity index (χ1n) is 7.13.